The van der Waals surface area contributed by atoms with Crippen molar-refractivity contribution in [2.24, 2.45) is 0 Å². The average Bonchev–Trinajstić information content (AvgIpc) is 2.69. The largest absolute Gasteiger partial charge is 0.450 e. The van der Waals surface area contributed by atoms with E-state index >= 15 is 0 Å². The number of amides is 1. The van der Waals surface area contributed by atoms with Crippen molar-refractivity contribution in [2.45, 2.75) is 44.9 Å². The molecule has 0 spiro atoms. The molecule has 0 unspecified atom stereocenters. The number of ether oxygens (including phenoxy) is 1. The summed E-state index contributed by atoms with van der Waals surface area (Å²) in [6.45, 7) is 7.08. The molecule has 5 heteroatoms. The fraction of sp³-hybridized carbons (Fsp3) is 0.667. The molecule has 1 aliphatic heterocycles. The number of rotatable bonds is 12. The molecule has 1 aromatic carbocycles. The van der Waals surface area contributed by atoms with Crippen LogP contribution in [0.2, 0.25) is 0 Å². The second-order valence-corrected chi connectivity index (χ2v) is 7.01. The highest BCUT2D eigenvalue weighted by Gasteiger charge is 2.08. The zero-order chi connectivity index (χ0) is 18.3. The lowest BCUT2D eigenvalue weighted by Crippen LogP contribution is -2.43. The lowest BCUT2D eigenvalue weighted by Gasteiger charge is -2.27. The van der Waals surface area contributed by atoms with Crippen molar-refractivity contribution >= 4 is 6.09 Å². The smallest absolute Gasteiger partial charge is 0.407 e. The predicted octanol–water partition coefficient (Wildman–Crippen LogP) is 3.20. The number of unbranched alkanes of at least 4 members (excludes halogenated alkanes) is 4. The van der Waals surface area contributed by atoms with E-state index in [-0.39, 0.29) is 6.09 Å². The van der Waals surface area contributed by atoms with E-state index < -0.39 is 0 Å². The van der Waals surface area contributed by atoms with Crippen molar-refractivity contribution in [3.05, 3.63) is 35.9 Å². The van der Waals surface area contributed by atoms with Crippen LogP contribution >= 0.6 is 0 Å². The molecular weight excluding hydrogens is 326 g/mol. The molecule has 1 heterocycles. The van der Waals surface area contributed by atoms with E-state index in [0.29, 0.717) is 6.61 Å². The van der Waals surface area contributed by atoms with Crippen LogP contribution in [0.3, 0.4) is 0 Å². The Labute approximate surface area is 158 Å². The Morgan fingerprint density at radius 1 is 1.00 bits per heavy atom. The third-order valence-corrected chi connectivity index (χ3v) is 4.82. The van der Waals surface area contributed by atoms with Crippen molar-refractivity contribution in [1.29, 1.82) is 0 Å². The number of benzene rings is 1. The summed E-state index contributed by atoms with van der Waals surface area (Å²) in [4.78, 5) is 14.2. The quantitative estimate of drug-likeness (QED) is 0.562. The second-order valence-electron chi connectivity index (χ2n) is 7.01. The number of carbonyl (C=O) groups excluding carboxylic acids is 1. The highest BCUT2D eigenvalue weighted by atomic mass is 16.5. The van der Waals surface area contributed by atoms with E-state index in [4.69, 9.17) is 4.74 Å². The molecule has 1 saturated heterocycles. The molecule has 2 N–H and O–H groups in total. The van der Waals surface area contributed by atoms with Gasteiger partial charge in [-0.2, -0.15) is 0 Å². The topological polar surface area (TPSA) is 53.6 Å². The zero-order valence-electron chi connectivity index (χ0n) is 16.0. The first kappa shape index (κ1) is 20.7. The van der Waals surface area contributed by atoms with E-state index in [1.54, 1.807) is 0 Å². The van der Waals surface area contributed by atoms with Crippen LogP contribution in [0.5, 0.6) is 0 Å². The van der Waals surface area contributed by atoms with Gasteiger partial charge in [0.15, 0.2) is 0 Å². The molecule has 26 heavy (non-hydrogen) atoms. The molecule has 1 aromatic rings. The van der Waals surface area contributed by atoms with Crippen molar-refractivity contribution in [3.8, 4) is 0 Å². The number of hydrogen-bond donors (Lipinski definition) is 2. The number of alkyl carbamates (subject to hydrolysis) is 1. The summed E-state index contributed by atoms with van der Waals surface area (Å²) >= 11 is 0. The Hall–Kier alpha value is -1.59. The summed E-state index contributed by atoms with van der Waals surface area (Å²) < 4.78 is 5.22. The standard InChI is InChI=1S/C21H35N3O2/c25-21(26-19-9-12-20-10-5-4-6-11-20)23-13-7-2-1-3-8-16-24-17-14-22-15-18-24/h4-6,10-11,22H,1-3,7-9,12-19H2,(H,23,25). The third-order valence-electron chi connectivity index (χ3n) is 4.82. The van der Waals surface area contributed by atoms with E-state index in [9.17, 15) is 4.79 Å². The summed E-state index contributed by atoms with van der Waals surface area (Å²) in [5.41, 5.74) is 1.29. The molecular formula is C21H35N3O2. The Morgan fingerprint density at radius 3 is 2.54 bits per heavy atom. The SMILES string of the molecule is O=C(NCCCCCCCN1CCNCC1)OCCCc1ccccc1. The van der Waals surface area contributed by atoms with Gasteiger partial charge in [0, 0.05) is 32.7 Å². The molecule has 1 aliphatic rings. The van der Waals surface area contributed by atoms with Crippen molar-refractivity contribution in [3.63, 3.8) is 0 Å². The van der Waals surface area contributed by atoms with Crippen LogP contribution in [0.25, 0.3) is 0 Å². The molecule has 0 bridgehead atoms. The van der Waals surface area contributed by atoms with Crippen LogP contribution in [0, 0.1) is 0 Å². The lowest BCUT2D eigenvalue weighted by atomic mass is 10.1. The highest BCUT2D eigenvalue weighted by molar-refractivity contribution is 5.66. The molecule has 0 saturated carbocycles. The van der Waals surface area contributed by atoms with Gasteiger partial charge in [-0.25, -0.2) is 4.79 Å². The first-order valence-corrected chi connectivity index (χ1v) is 10.2. The molecule has 1 amide bonds. The minimum atomic E-state index is -0.281. The summed E-state index contributed by atoms with van der Waals surface area (Å²) in [7, 11) is 0. The maximum absolute atomic E-state index is 11.6. The number of nitrogens with one attached hydrogen (secondary N) is 2. The number of carbonyl (C=O) groups is 1. The van der Waals surface area contributed by atoms with Gasteiger partial charge in [-0.1, -0.05) is 49.6 Å². The Morgan fingerprint density at radius 2 is 1.73 bits per heavy atom. The van der Waals surface area contributed by atoms with Gasteiger partial charge < -0.3 is 20.3 Å². The molecule has 0 radical (unpaired) electrons. The predicted molar refractivity (Wildman–Crippen MR) is 107 cm³/mol. The fourth-order valence-electron chi connectivity index (χ4n) is 3.25. The highest BCUT2D eigenvalue weighted by Crippen LogP contribution is 2.05. The monoisotopic (exact) mass is 361 g/mol. The Bertz CT molecular complexity index is 475. The molecule has 146 valence electrons. The van der Waals surface area contributed by atoms with E-state index in [0.717, 1.165) is 38.9 Å². The Balaban J connectivity index is 1.33. The molecule has 5 nitrogen and oxygen atoms in total. The molecule has 0 aliphatic carbocycles. The number of hydrogen-bond acceptors (Lipinski definition) is 4. The van der Waals surface area contributed by atoms with Crippen LogP contribution in [-0.4, -0.2) is 56.9 Å². The maximum atomic E-state index is 11.6. The summed E-state index contributed by atoms with van der Waals surface area (Å²) in [5, 5.41) is 6.23. The summed E-state index contributed by atoms with van der Waals surface area (Å²) in [6.07, 6.45) is 7.57. The van der Waals surface area contributed by atoms with Gasteiger partial charge in [0.05, 0.1) is 6.61 Å². The van der Waals surface area contributed by atoms with Gasteiger partial charge in [-0.05, 0) is 37.8 Å². The van der Waals surface area contributed by atoms with Crippen molar-refractivity contribution in [1.82, 2.24) is 15.5 Å². The van der Waals surface area contributed by atoms with Crippen LogP contribution in [0.1, 0.15) is 44.1 Å². The van der Waals surface area contributed by atoms with Gasteiger partial charge in [-0.15, -0.1) is 0 Å². The zero-order valence-corrected chi connectivity index (χ0v) is 16.0. The van der Waals surface area contributed by atoms with Gasteiger partial charge in [-0.3, -0.25) is 0 Å². The van der Waals surface area contributed by atoms with Crippen molar-refractivity contribution in [2.75, 3.05) is 45.9 Å². The van der Waals surface area contributed by atoms with Gasteiger partial charge in [0.1, 0.15) is 0 Å². The summed E-state index contributed by atoms with van der Waals surface area (Å²) in [6, 6.07) is 10.3. The minimum absolute atomic E-state index is 0.281. The number of aryl methyl sites for hydroxylation is 1. The molecule has 0 atom stereocenters. The molecule has 2 rings (SSSR count). The third kappa shape index (κ3) is 9.78. The average molecular weight is 362 g/mol. The normalized spacial score (nSPS) is 14.9. The first-order chi connectivity index (χ1) is 12.8. The number of piperazine rings is 1. The van der Waals surface area contributed by atoms with Crippen LogP contribution in [0.15, 0.2) is 30.3 Å². The number of nitrogens with zero attached hydrogens (tertiary/aromatic N) is 1. The van der Waals surface area contributed by atoms with Gasteiger partial charge >= 0.3 is 6.09 Å². The van der Waals surface area contributed by atoms with Crippen molar-refractivity contribution < 1.29 is 9.53 Å². The fourth-order valence-corrected chi connectivity index (χ4v) is 3.25. The first-order valence-electron chi connectivity index (χ1n) is 10.2. The molecule has 1 fully saturated rings. The van der Waals surface area contributed by atoms with Crippen LogP contribution in [0.4, 0.5) is 4.79 Å². The van der Waals surface area contributed by atoms with Crippen LogP contribution in [-0.2, 0) is 11.2 Å². The maximum Gasteiger partial charge on any atom is 0.407 e. The van der Waals surface area contributed by atoms with Gasteiger partial charge in [0.25, 0.3) is 0 Å². The minimum Gasteiger partial charge on any atom is -0.450 e. The van der Waals surface area contributed by atoms with Crippen LogP contribution < -0.4 is 10.6 Å². The van der Waals surface area contributed by atoms with E-state index in [1.807, 2.05) is 18.2 Å². The summed E-state index contributed by atoms with van der Waals surface area (Å²) in [5.74, 6) is 0. The molecule has 0 aromatic heterocycles. The lowest BCUT2D eigenvalue weighted by molar-refractivity contribution is 0.144. The van der Waals surface area contributed by atoms with E-state index in [2.05, 4.69) is 27.7 Å². The van der Waals surface area contributed by atoms with E-state index in [1.165, 1.54) is 50.9 Å². The Kier molecular flexibility index (Phi) is 10.8. The van der Waals surface area contributed by atoms with Gasteiger partial charge in [0.2, 0.25) is 0 Å². The second kappa shape index (κ2) is 13.6.